The minimum atomic E-state index is 0.135. The fraction of sp³-hybridized carbons (Fsp3) is 0.909. The van der Waals surface area contributed by atoms with Gasteiger partial charge in [-0.05, 0) is 19.3 Å². The smallest absolute Gasteiger partial charge is 0.217 e. The van der Waals surface area contributed by atoms with Crippen molar-refractivity contribution in [2.45, 2.75) is 64.3 Å². The standard InChI is InChI=1S/C11H21NO/c1-3-7-11(12-10(2)13)8-5-4-6-9-11/h3-9H2,1-2H3,(H,12,13). The van der Waals surface area contributed by atoms with Crippen LogP contribution in [0.5, 0.6) is 0 Å². The van der Waals surface area contributed by atoms with Gasteiger partial charge < -0.3 is 5.32 Å². The first-order valence-corrected chi connectivity index (χ1v) is 5.47. The number of hydrogen-bond donors (Lipinski definition) is 1. The van der Waals surface area contributed by atoms with E-state index in [2.05, 4.69) is 12.2 Å². The highest BCUT2D eigenvalue weighted by Gasteiger charge is 2.31. The molecule has 0 heterocycles. The first-order valence-electron chi connectivity index (χ1n) is 5.47. The molecule has 2 nitrogen and oxygen atoms in total. The van der Waals surface area contributed by atoms with E-state index in [0.29, 0.717) is 0 Å². The Hall–Kier alpha value is -0.530. The van der Waals surface area contributed by atoms with Crippen LogP contribution in [-0.4, -0.2) is 11.4 Å². The zero-order valence-corrected chi connectivity index (χ0v) is 8.86. The lowest BCUT2D eigenvalue weighted by molar-refractivity contribution is -0.121. The first kappa shape index (κ1) is 10.6. The Balaban J connectivity index is 2.55. The van der Waals surface area contributed by atoms with Gasteiger partial charge in [0.2, 0.25) is 5.91 Å². The second-order valence-corrected chi connectivity index (χ2v) is 4.27. The summed E-state index contributed by atoms with van der Waals surface area (Å²) < 4.78 is 0. The van der Waals surface area contributed by atoms with Gasteiger partial charge in [0.25, 0.3) is 0 Å². The summed E-state index contributed by atoms with van der Waals surface area (Å²) in [4.78, 5) is 11.1. The minimum Gasteiger partial charge on any atom is -0.351 e. The van der Waals surface area contributed by atoms with Crippen molar-refractivity contribution in [3.05, 3.63) is 0 Å². The number of amides is 1. The Morgan fingerprint density at radius 1 is 1.31 bits per heavy atom. The average Bonchev–Trinajstić information content (AvgIpc) is 2.04. The monoisotopic (exact) mass is 183 g/mol. The van der Waals surface area contributed by atoms with Crippen molar-refractivity contribution < 1.29 is 4.79 Å². The SMILES string of the molecule is CCCC1(NC(C)=O)CCCCC1. The molecule has 1 rings (SSSR count). The highest BCUT2D eigenvalue weighted by atomic mass is 16.1. The van der Waals surface area contributed by atoms with Crippen LogP contribution in [0.4, 0.5) is 0 Å². The van der Waals surface area contributed by atoms with Crippen molar-refractivity contribution >= 4 is 5.91 Å². The van der Waals surface area contributed by atoms with Gasteiger partial charge in [0.15, 0.2) is 0 Å². The van der Waals surface area contributed by atoms with Crippen LogP contribution in [0.3, 0.4) is 0 Å². The van der Waals surface area contributed by atoms with Crippen LogP contribution in [0, 0.1) is 0 Å². The van der Waals surface area contributed by atoms with E-state index in [9.17, 15) is 4.79 Å². The molecular formula is C11H21NO. The molecule has 1 fully saturated rings. The van der Waals surface area contributed by atoms with Gasteiger partial charge in [-0.2, -0.15) is 0 Å². The Labute approximate surface area is 81.1 Å². The Morgan fingerprint density at radius 3 is 2.38 bits per heavy atom. The Kier molecular flexibility index (Phi) is 3.76. The second kappa shape index (κ2) is 4.64. The Bertz CT molecular complexity index is 165. The lowest BCUT2D eigenvalue weighted by atomic mass is 9.78. The first-order chi connectivity index (χ1) is 6.18. The molecule has 0 aliphatic heterocycles. The minimum absolute atomic E-state index is 0.135. The summed E-state index contributed by atoms with van der Waals surface area (Å²) in [6.07, 6.45) is 8.57. The Morgan fingerprint density at radius 2 is 1.92 bits per heavy atom. The molecule has 0 aromatic rings. The maximum Gasteiger partial charge on any atom is 0.217 e. The van der Waals surface area contributed by atoms with Crippen molar-refractivity contribution in [2.24, 2.45) is 0 Å². The number of carbonyl (C=O) groups is 1. The molecule has 1 N–H and O–H groups in total. The summed E-state index contributed by atoms with van der Waals surface area (Å²) in [5.41, 5.74) is 0.152. The molecule has 13 heavy (non-hydrogen) atoms. The van der Waals surface area contributed by atoms with Gasteiger partial charge in [-0.1, -0.05) is 32.6 Å². The van der Waals surface area contributed by atoms with E-state index in [-0.39, 0.29) is 11.4 Å². The maximum absolute atomic E-state index is 11.1. The number of hydrogen-bond acceptors (Lipinski definition) is 1. The van der Waals surface area contributed by atoms with E-state index in [1.165, 1.54) is 38.5 Å². The van der Waals surface area contributed by atoms with Crippen LogP contribution < -0.4 is 5.32 Å². The molecule has 0 unspecified atom stereocenters. The van der Waals surface area contributed by atoms with Crippen LogP contribution in [0.2, 0.25) is 0 Å². The highest BCUT2D eigenvalue weighted by Crippen LogP contribution is 2.31. The summed E-state index contributed by atoms with van der Waals surface area (Å²) in [5.74, 6) is 0.135. The van der Waals surface area contributed by atoms with E-state index in [0.717, 1.165) is 6.42 Å². The zero-order valence-electron chi connectivity index (χ0n) is 8.86. The van der Waals surface area contributed by atoms with Gasteiger partial charge in [0, 0.05) is 12.5 Å². The van der Waals surface area contributed by atoms with E-state index in [1.54, 1.807) is 6.92 Å². The molecule has 1 saturated carbocycles. The quantitative estimate of drug-likeness (QED) is 0.716. The van der Waals surface area contributed by atoms with Gasteiger partial charge >= 0.3 is 0 Å². The normalized spacial score (nSPS) is 21.1. The van der Waals surface area contributed by atoms with E-state index in [4.69, 9.17) is 0 Å². The molecular weight excluding hydrogens is 162 g/mol. The molecule has 0 radical (unpaired) electrons. The molecule has 0 bridgehead atoms. The second-order valence-electron chi connectivity index (χ2n) is 4.27. The summed E-state index contributed by atoms with van der Waals surface area (Å²) in [5, 5.41) is 3.16. The third-order valence-electron chi connectivity index (χ3n) is 2.98. The molecule has 1 aliphatic rings. The predicted molar refractivity (Wildman–Crippen MR) is 54.5 cm³/mol. The molecule has 76 valence electrons. The van der Waals surface area contributed by atoms with Gasteiger partial charge in [-0.3, -0.25) is 4.79 Å². The third kappa shape index (κ3) is 3.02. The lowest BCUT2D eigenvalue weighted by Crippen LogP contribution is -2.48. The zero-order chi connectivity index (χ0) is 9.73. The topological polar surface area (TPSA) is 29.1 Å². The molecule has 0 atom stereocenters. The molecule has 1 aliphatic carbocycles. The third-order valence-corrected chi connectivity index (χ3v) is 2.98. The van der Waals surface area contributed by atoms with Crippen molar-refractivity contribution in [1.82, 2.24) is 5.32 Å². The summed E-state index contributed by atoms with van der Waals surface area (Å²) in [6.45, 7) is 3.82. The molecule has 2 heteroatoms. The van der Waals surface area contributed by atoms with Gasteiger partial charge in [-0.15, -0.1) is 0 Å². The van der Waals surface area contributed by atoms with E-state index < -0.39 is 0 Å². The fourth-order valence-corrected chi connectivity index (χ4v) is 2.52. The van der Waals surface area contributed by atoms with Crippen LogP contribution in [0.25, 0.3) is 0 Å². The van der Waals surface area contributed by atoms with Gasteiger partial charge in [-0.25, -0.2) is 0 Å². The van der Waals surface area contributed by atoms with E-state index in [1.807, 2.05) is 0 Å². The average molecular weight is 183 g/mol. The van der Waals surface area contributed by atoms with Crippen LogP contribution in [0.1, 0.15) is 58.8 Å². The van der Waals surface area contributed by atoms with Crippen LogP contribution in [0.15, 0.2) is 0 Å². The molecule has 0 spiro atoms. The number of carbonyl (C=O) groups excluding carboxylic acids is 1. The molecule has 0 aromatic carbocycles. The fourth-order valence-electron chi connectivity index (χ4n) is 2.52. The highest BCUT2D eigenvalue weighted by molar-refractivity contribution is 5.73. The van der Waals surface area contributed by atoms with Crippen molar-refractivity contribution in [3.63, 3.8) is 0 Å². The lowest BCUT2D eigenvalue weighted by Gasteiger charge is -2.37. The molecule has 0 saturated heterocycles. The number of rotatable bonds is 3. The molecule has 1 amide bonds. The largest absolute Gasteiger partial charge is 0.351 e. The molecule has 0 aromatic heterocycles. The predicted octanol–water partition coefficient (Wildman–Crippen LogP) is 2.63. The van der Waals surface area contributed by atoms with Crippen LogP contribution in [-0.2, 0) is 4.79 Å². The summed E-state index contributed by atoms with van der Waals surface area (Å²) in [6, 6.07) is 0. The van der Waals surface area contributed by atoms with E-state index >= 15 is 0 Å². The van der Waals surface area contributed by atoms with Crippen molar-refractivity contribution in [1.29, 1.82) is 0 Å². The van der Waals surface area contributed by atoms with Crippen molar-refractivity contribution in [2.75, 3.05) is 0 Å². The van der Waals surface area contributed by atoms with Crippen molar-refractivity contribution in [3.8, 4) is 0 Å². The summed E-state index contributed by atoms with van der Waals surface area (Å²) >= 11 is 0. The van der Waals surface area contributed by atoms with Gasteiger partial charge in [0.05, 0.1) is 0 Å². The summed E-state index contributed by atoms with van der Waals surface area (Å²) in [7, 11) is 0. The van der Waals surface area contributed by atoms with Gasteiger partial charge in [0.1, 0.15) is 0 Å². The van der Waals surface area contributed by atoms with Crippen LogP contribution >= 0.6 is 0 Å². The number of nitrogens with one attached hydrogen (secondary N) is 1. The maximum atomic E-state index is 11.1.